The van der Waals surface area contributed by atoms with Crippen molar-refractivity contribution in [1.29, 1.82) is 0 Å². The van der Waals surface area contributed by atoms with E-state index in [1.807, 2.05) is 36.4 Å². The summed E-state index contributed by atoms with van der Waals surface area (Å²) in [6.45, 7) is 4.68. The Morgan fingerprint density at radius 2 is 1.30 bits per heavy atom. The highest BCUT2D eigenvalue weighted by Gasteiger charge is 2.10. The first-order chi connectivity index (χ1) is 16.1. The van der Waals surface area contributed by atoms with Gasteiger partial charge in [-0.25, -0.2) is 4.79 Å². The van der Waals surface area contributed by atoms with Crippen molar-refractivity contribution in [3.05, 3.63) is 83.9 Å². The van der Waals surface area contributed by atoms with Crippen molar-refractivity contribution in [3.8, 4) is 22.6 Å². The molecular weight excluding hydrogens is 412 g/mol. The molecule has 3 rings (SSSR count). The Balaban J connectivity index is 1.48. The van der Waals surface area contributed by atoms with Crippen LogP contribution in [0.15, 0.2) is 72.8 Å². The van der Waals surface area contributed by atoms with E-state index in [-0.39, 0.29) is 0 Å². The molecule has 174 valence electrons. The summed E-state index contributed by atoms with van der Waals surface area (Å²) in [5.41, 5.74) is 3.32. The highest BCUT2D eigenvalue weighted by molar-refractivity contribution is 5.91. The highest BCUT2D eigenvalue weighted by atomic mass is 16.5. The van der Waals surface area contributed by atoms with Crippen molar-refractivity contribution in [3.63, 3.8) is 0 Å². The van der Waals surface area contributed by atoms with Crippen LogP contribution in [0, 0.1) is 0 Å². The largest absolute Gasteiger partial charge is 0.494 e. The van der Waals surface area contributed by atoms with Crippen molar-refractivity contribution >= 4 is 5.97 Å². The molecule has 3 aromatic carbocycles. The van der Waals surface area contributed by atoms with Gasteiger partial charge in [0.05, 0.1) is 18.3 Å². The van der Waals surface area contributed by atoms with Gasteiger partial charge in [-0.1, -0.05) is 75.4 Å². The summed E-state index contributed by atoms with van der Waals surface area (Å²) in [5.74, 6) is 0.952. The lowest BCUT2D eigenvalue weighted by Crippen LogP contribution is -2.08. The first kappa shape index (κ1) is 24.5. The summed E-state index contributed by atoms with van der Waals surface area (Å²) in [5, 5.41) is 9.58. The van der Waals surface area contributed by atoms with Crippen molar-refractivity contribution in [1.82, 2.24) is 0 Å². The van der Waals surface area contributed by atoms with Crippen LogP contribution in [-0.2, 0) is 0 Å². The number of hydrogen-bond acceptors (Lipinski definition) is 4. The van der Waals surface area contributed by atoms with E-state index in [4.69, 9.17) is 9.47 Å². The number of carbonyl (C=O) groups is 1. The molecule has 0 aliphatic carbocycles. The number of unbranched alkanes of at least 4 members (excludes halogenated alkanes) is 5. The van der Waals surface area contributed by atoms with Gasteiger partial charge in [0, 0.05) is 0 Å². The molecule has 33 heavy (non-hydrogen) atoms. The zero-order valence-corrected chi connectivity index (χ0v) is 19.6. The first-order valence-corrected chi connectivity index (χ1v) is 11.9. The molecule has 0 fully saturated rings. The molecule has 0 bridgehead atoms. The van der Waals surface area contributed by atoms with Crippen LogP contribution < -0.4 is 9.47 Å². The summed E-state index contributed by atoms with van der Waals surface area (Å²) in [4.78, 5) is 12.4. The van der Waals surface area contributed by atoms with E-state index >= 15 is 0 Å². The minimum atomic E-state index is -0.566. The fraction of sp³-hybridized carbons (Fsp3) is 0.345. The molecule has 1 N–H and O–H groups in total. The van der Waals surface area contributed by atoms with Crippen LogP contribution in [0.1, 0.15) is 74.4 Å². The zero-order chi connectivity index (χ0) is 23.5. The van der Waals surface area contributed by atoms with Crippen LogP contribution >= 0.6 is 0 Å². The first-order valence-electron chi connectivity index (χ1n) is 11.9. The van der Waals surface area contributed by atoms with E-state index in [2.05, 4.69) is 6.92 Å². The number of esters is 1. The van der Waals surface area contributed by atoms with Crippen molar-refractivity contribution in [2.45, 2.75) is 58.5 Å². The van der Waals surface area contributed by atoms with Crippen LogP contribution in [-0.4, -0.2) is 17.7 Å². The Kier molecular flexibility index (Phi) is 9.52. The maximum Gasteiger partial charge on any atom is 0.343 e. The molecule has 4 nitrogen and oxygen atoms in total. The van der Waals surface area contributed by atoms with Crippen molar-refractivity contribution in [2.24, 2.45) is 0 Å². The second-order valence-electron chi connectivity index (χ2n) is 8.35. The standard InChI is InChI=1S/C29H34O4/c1-3-4-5-6-7-8-21-32-27-17-13-24(14-18-27)25-15-19-28(20-16-25)33-29(31)26-11-9-23(10-12-26)22(2)30/h9-20,22,30H,3-8,21H2,1-2H3. The molecule has 0 heterocycles. The molecule has 0 spiro atoms. The lowest BCUT2D eigenvalue weighted by Gasteiger charge is -2.09. The third kappa shape index (κ3) is 7.76. The van der Waals surface area contributed by atoms with Gasteiger partial charge in [0.15, 0.2) is 0 Å². The molecule has 0 radical (unpaired) electrons. The van der Waals surface area contributed by atoms with E-state index in [1.165, 1.54) is 32.1 Å². The summed E-state index contributed by atoms with van der Waals surface area (Å²) < 4.78 is 11.3. The van der Waals surface area contributed by atoms with Crippen LogP contribution in [0.3, 0.4) is 0 Å². The highest BCUT2D eigenvalue weighted by Crippen LogP contribution is 2.25. The zero-order valence-electron chi connectivity index (χ0n) is 19.6. The van der Waals surface area contributed by atoms with E-state index in [9.17, 15) is 9.90 Å². The average molecular weight is 447 g/mol. The van der Waals surface area contributed by atoms with Gasteiger partial charge in [-0.3, -0.25) is 0 Å². The molecule has 0 aliphatic rings. The minimum absolute atomic E-state index is 0.424. The molecule has 1 unspecified atom stereocenters. The SMILES string of the molecule is CCCCCCCCOc1ccc(-c2ccc(OC(=O)c3ccc(C(C)O)cc3)cc2)cc1. The number of carbonyl (C=O) groups excluding carboxylic acids is 1. The van der Waals surface area contributed by atoms with Gasteiger partial charge >= 0.3 is 5.97 Å². The summed E-state index contributed by atoms with van der Waals surface area (Å²) in [6.07, 6.45) is 6.96. The molecule has 0 amide bonds. The van der Waals surface area contributed by atoms with Gasteiger partial charge in [0.2, 0.25) is 0 Å². The van der Waals surface area contributed by atoms with Gasteiger partial charge in [-0.15, -0.1) is 0 Å². The number of aliphatic hydroxyl groups is 1. The molecule has 0 aromatic heterocycles. The Labute approximate surface area is 197 Å². The van der Waals surface area contributed by atoms with Crippen LogP contribution in [0.25, 0.3) is 11.1 Å². The summed E-state index contributed by atoms with van der Waals surface area (Å²) >= 11 is 0. The molecule has 0 aliphatic heterocycles. The maximum absolute atomic E-state index is 12.4. The average Bonchev–Trinajstić information content (AvgIpc) is 2.84. The Hall–Kier alpha value is -3.11. The Bertz CT molecular complexity index is 974. The lowest BCUT2D eigenvalue weighted by molar-refractivity contribution is 0.0734. The fourth-order valence-corrected chi connectivity index (χ4v) is 3.60. The third-order valence-corrected chi connectivity index (χ3v) is 5.65. The molecule has 0 saturated heterocycles. The van der Waals surface area contributed by atoms with E-state index in [1.54, 1.807) is 43.3 Å². The second kappa shape index (κ2) is 12.8. The number of hydrogen-bond donors (Lipinski definition) is 1. The van der Waals surface area contributed by atoms with Gasteiger partial charge in [-0.05, 0) is 66.4 Å². The Morgan fingerprint density at radius 1 is 0.758 bits per heavy atom. The van der Waals surface area contributed by atoms with E-state index in [0.717, 1.165) is 35.5 Å². The number of benzene rings is 3. The van der Waals surface area contributed by atoms with Crippen molar-refractivity contribution < 1.29 is 19.4 Å². The molecule has 4 heteroatoms. The maximum atomic E-state index is 12.4. The molecular formula is C29H34O4. The monoisotopic (exact) mass is 446 g/mol. The van der Waals surface area contributed by atoms with E-state index in [0.29, 0.717) is 11.3 Å². The van der Waals surface area contributed by atoms with Gasteiger partial charge in [0.1, 0.15) is 11.5 Å². The fourth-order valence-electron chi connectivity index (χ4n) is 3.60. The normalized spacial score (nSPS) is 11.7. The van der Waals surface area contributed by atoms with Crippen LogP contribution in [0.5, 0.6) is 11.5 Å². The Morgan fingerprint density at radius 3 is 1.88 bits per heavy atom. The molecule has 3 aromatic rings. The van der Waals surface area contributed by atoms with Gasteiger partial charge < -0.3 is 14.6 Å². The van der Waals surface area contributed by atoms with Crippen molar-refractivity contribution in [2.75, 3.05) is 6.61 Å². The minimum Gasteiger partial charge on any atom is -0.494 e. The molecule has 1 atom stereocenters. The summed E-state index contributed by atoms with van der Waals surface area (Å²) in [7, 11) is 0. The second-order valence-corrected chi connectivity index (χ2v) is 8.35. The predicted molar refractivity (Wildman–Crippen MR) is 133 cm³/mol. The quantitative estimate of drug-likeness (QED) is 0.179. The molecule has 0 saturated carbocycles. The number of ether oxygens (including phenoxy) is 2. The van der Waals surface area contributed by atoms with Crippen LogP contribution in [0.2, 0.25) is 0 Å². The van der Waals surface area contributed by atoms with Gasteiger partial charge in [0.25, 0.3) is 0 Å². The smallest absolute Gasteiger partial charge is 0.343 e. The third-order valence-electron chi connectivity index (χ3n) is 5.65. The van der Waals surface area contributed by atoms with E-state index < -0.39 is 12.1 Å². The predicted octanol–water partition coefficient (Wildman–Crippen LogP) is 7.37. The topological polar surface area (TPSA) is 55.8 Å². The summed E-state index contributed by atoms with van der Waals surface area (Å²) in [6, 6.07) is 22.3. The van der Waals surface area contributed by atoms with Gasteiger partial charge in [-0.2, -0.15) is 0 Å². The van der Waals surface area contributed by atoms with Crippen LogP contribution in [0.4, 0.5) is 0 Å². The number of aliphatic hydroxyl groups excluding tert-OH is 1. The number of rotatable bonds is 12. The lowest BCUT2D eigenvalue weighted by atomic mass is 10.1.